The van der Waals surface area contributed by atoms with Gasteiger partial charge in [-0.1, -0.05) is 51.5 Å². The summed E-state index contributed by atoms with van der Waals surface area (Å²) in [6.07, 6.45) is 4.89. The maximum absolute atomic E-state index is 13.3. The molecule has 0 amide bonds. The Labute approximate surface area is 136 Å². The maximum atomic E-state index is 13.3. The molecule has 0 heterocycles. The lowest BCUT2D eigenvalue weighted by molar-refractivity contribution is 0.348. The van der Waals surface area contributed by atoms with Crippen molar-refractivity contribution in [3.05, 3.63) is 59.4 Å². The van der Waals surface area contributed by atoms with Crippen molar-refractivity contribution in [2.75, 3.05) is 0 Å². The van der Waals surface area contributed by atoms with Crippen molar-refractivity contribution in [2.45, 2.75) is 46.0 Å². The highest BCUT2D eigenvalue weighted by molar-refractivity contribution is 5.64. The van der Waals surface area contributed by atoms with Crippen molar-refractivity contribution in [1.82, 2.24) is 0 Å². The van der Waals surface area contributed by atoms with Gasteiger partial charge in [-0.05, 0) is 53.5 Å². The van der Waals surface area contributed by atoms with Crippen molar-refractivity contribution in [1.29, 1.82) is 0 Å². The lowest BCUT2D eigenvalue weighted by Crippen LogP contribution is -2.10. The van der Waals surface area contributed by atoms with E-state index in [1.54, 1.807) is 0 Å². The first-order valence-electron chi connectivity index (χ1n) is 7.79. The van der Waals surface area contributed by atoms with E-state index in [2.05, 4.69) is 6.92 Å². The summed E-state index contributed by atoms with van der Waals surface area (Å²) in [5.74, 6) is -2.34. The van der Waals surface area contributed by atoms with E-state index < -0.39 is 17.5 Å². The Bertz CT molecular complexity index is 630. The summed E-state index contributed by atoms with van der Waals surface area (Å²) in [4.78, 5) is 0. The van der Waals surface area contributed by atoms with Gasteiger partial charge in [0.25, 0.3) is 0 Å². The molecule has 0 radical (unpaired) electrons. The van der Waals surface area contributed by atoms with Gasteiger partial charge in [0.2, 0.25) is 0 Å². The third-order valence-corrected chi connectivity index (χ3v) is 4.72. The fraction of sp³-hybridized carbons (Fsp3) is 0.400. The van der Waals surface area contributed by atoms with Crippen LogP contribution in [0.3, 0.4) is 0 Å². The molecule has 0 aromatic heterocycles. The highest BCUT2D eigenvalue weighted by atomic mass is 19.2. The second kappa shape index (κ2) is 7.20. The van der Waals surface area contributed by atoms with Crippen molar-refractivity contribution in [2.24, 2.45) is 5.92 Å². The van der Waals surface area contributed by atoms with Gasteiger partial charge in [-0.2, -0.15) is 0 Å². The van der Waals surface area contributed by atoms with Crippen LogP contribution in [0.25, 0.3) is 11.1 Å². The second-order valence-electron chi connectivity index (χ2n) is 6.33. The minimum Gasteiger partial charge on any atom is -0.204 e. The Balaban J connectivity index is 0.00000192. The van der Waals surface area contributed by atoms with Crippen LogP contribution in [0.15, 0.2) is 36.4 Å². The zero-order valence-corrected chi connectivity index (χ0v) is 12.6. The average Bonchev–Trinajstić information content (AvgIpc) is 2.53. The molecule has 0 spiro atoms. The molecule has 0 bridgehead atoms. The van der Waals surface area contributed by atoms with Gasteiger partial charge in [0, 0.05) is 0 Å². The molecule has 1 aliphatic carbocycles. The van der Waals surface area contributed by atoms with Crippen LogP contribution in [0.4, 0.5) is 13.2 Å². The molecule has 2 aromatic rings. The first-order chi connectivity index (χ1) is 10.5. The predicted molar refractivity (Wildman–Crippen MR) is 88.9 cm³/mol. The molecular formula is C20H23F3. The molecule has 1 fully saturated rings. The number of hydrogen-bond donors (Lipinski definition) is 0. The standard InChI is InChI=1S/C19H19F3.CH4/c1-12-2-4-13(5-3-12)14-6-8-15(9-7-14)16-10-17(20)19(22)18(21)11-16;/h6-13H,2-5H2,1H3;1H4. The van der Waals surface area contributed by atoms with Gasteiger partial charge in [-0.3, -0.25) is 0 Å². The fourth-order valence-corrected chi connectivity index (χ4v) is 3.26. The Morgan fingerprint density at radius 1 is 0.783 bits per heavy atom. The van der Waals surface area contributed by atoms with Crippen LogP contribution < -0.4 is 0 Å². The van der Waals surface area contributed by atoms with Gasteiger partial charge in [0.1, 0.15) is 0 Å². The van der Waals surface area contributed by atoms with Crippen molar-refractivity contribution in [3.8, 4) is 11.1 Å². The van der Waals surface area contributed by atoms with Gasteiger partial charge >= 0.3 is 0 Å². The summed E-state index contributed by atoms with van der Waals surface area (Å²) in [6, 6.07) is 9.84. The monoisotopic (exact) mass is 320 g/mol. The Morgan fingerprint density at radius 3 is 1.83 bits per heavy atom. The molecule has 23 heavy (non-hydrogen) atoms. The number of benzene rings is 2. The number of hydrogen-bond acceptors (Lipinski definition) is 0. The molecule has 0 atom stereocenters. The molecule has 0 saturated heterocycles. The Morgan fingerprint density at radius 2 is 1.30 bits per heavy atom. The van der Waals surface area contributed by atoms with Crippen molar-refractivity contribution < 1.29 is 13.2 Å². The SMILES string of the molecule is C.CC1CCC(c2ccc(-c3cc(F)c(F)c(F)c3)cc2)CC1. The van der Waals surface area contributed by atoms with Crippen LogP contribution in [0.5, 0.6) is 0 Å². The van der Waals surface area contributed by atoms with Crippen molar-refractivity contribution in [3.63, 3.8) is 0 Å². The van der Waals surface area contributed by atoms with Crippen LogP contribution in [0.1, 0.15) is 51.5 Å². The van der Waals surface area contributed by atoms with Crippen LogP contribution in [0.2, 0.25) is 0 Å². The van der Waals surface area contributed by atoms with Gasteiger partial charge < -0.3 is 0 Å². The van der Waals surface area contributed by atoms with E-state index in [-0.39, 0.29) is 7.43 Å². The zero-order chi connectivity index (χ0) is 15.7. The summed E-state index contributed by atoms with van der Waals surface area (Å²) in [5.41, 5.74) is 2.34. The third kappa shape index (κ3) is 3.77. The minimum absolute atomic E-state index is 0. The topological polar surface area (TPSA) is 0 Å². The molecule has 2 aromatic carbocycles. The smallest absolute Gasteiger partial charge is 0.194 e. The van der Waals surface area contributed by atoms with Gasteiger partial charge in [-0.15, -0.1) is 0 Å². The predicted octanol–water partition coefficient (Wildman–Crippen LogP) is 6.70. The van der Waals surface area contributed by atoms with Gasteiger partial charge in [-0.25, -0.2) is 13.2 Å². The minimum atomic E-state index is -1.42. The molecular weight excluding hydrogens is 297 g/mol. The highest BCUT2D eigenvalue weighted by Gasteiger charge is 2.19. The summed E-state index contributed by atoms with van der Waals surface area (Å²) >= 11 is 0. The third-order valence-electron chi connectivity index (χ3n) is 4.72. The van der Waals surface area contributed by atoms with E-state index in [1.165, 1.54) is 31.2 Å². The van der Waals surface area contributed by atoms with E-state index in [4.69, 9.17) is 0 Å². The van der Waals surface area contributed by atoms with E-state index in [9.17, 15) is 13.2 Å². The van der Waals surface area contributed by atoms with Crippen LogP contribution >= 0.6 is 0 Å². The van der Waals surface area contributed by atoms with Crippen LogP contribution in [-0.4, -0.2) is 0 Å². The molecule has 0 aliphatic heterocycles. The summed E-state index contributed by atoms with van der Waals surface area (Å²) in [6.45, 7) is 2.29. The average molecular weight is 320 g/mol. The van der Waals surface area contributed by atoms with E-state index in [1.807, 2.05) is 24.3 Å². The zero-order valence-electron chi connectivity index (χ0n) is 12.6. The van der Waals surface area contributed by atoms with Crippen LogP contribution in [-0.2, 0) is 0 Å². The Kier molecular flexibility index (Phi) is 5.51. The number of halogens is 3. The van der Waals surface area contributed by atoms with Gasteiger partial charge in [0.05, 0.1) is 0 Å². The van der Waals surface area contributed by atoms with Gasteiger partial charge in [0.15, 0.2) is 17.5 Å². The molecule has 3 rings (SSSR count). The molecule has 0 N–H and O–H groups in total. The lowest BCUT2D eigenvalue weighted by Gasteiger charge is -2.26. The summed E-state index contributed by atoms with van der Waals surface area (Å²) in [5, 5.41) is 0. The normalized spacial score (nSPS) is 20.9. The highest BCUT2D eigenvalue weighted by Crippen LogP contribution is 2.36. The molecule has 0 nitrogen and oxygen atoms in total. The quantitative estimate of drug-likeness (QED) is 0.540. The van der Waals surface area contributed by atoms with E-state index in [0.717, 1.165) is 18.1 Å². The molecule has 1 saturated carbocycles. The molecule has 3 heteroatoms. The molecule has 1 aliphatic rings. The first-order valence-corrected chi connectivity index (χ1v) is 7.79. The first kappa shape index (κ1) is 17.6. The summed E-state index contributed by atoms with van der Waals surface area (Å²) in [7, 11) is 0. The maximum Gasteiger partial charge on any atom is 0.194 e. The van der Waals surface area contributed by atoms with E-state index in [0.29, 0.717) is 17.0 Å². The molecule has 124 valence electrons. The van der Waals surface area contributed by atoms with Crippen LogP contribution in [0, 0.1) is 23.4 Å². The van der Waals surface area contributed by atoms with E-state index >= 15 is 0 Å². The Hall–Kier alpha value is -1.77. The second-order valence-corrected chi connectivity index (χ2v) is 6.33. The lowest BCUT2D eigenvalue weighted by atomic mass is 9.79. The largest absolute Gasteiger partial charge is 0.204 e. The summed E-state index contributed by atoms with van der Waals surface area (Å²) < 4.78 is 39.6. The molecule has 0 unspecified atom stereocenters. The fourth-order valence-electron chi connectivity index (χ4n) is 3.26. The number of rotatable bonds is 2. The van der Waals surface area contributed by atoms with Crippen molar-refractivity contribution >= 4 is 0 Å².